The molecule has 0 bridgehead atoms. The standard InChI is InChI=1S/C22H28ClNO3/c23-18-5-2-7-22(15-18)27-13-3-12-24(19-8-10-20(25)11-9-19)16-17-4-1-6-21(26)14-17/h1-2,4-7,14-15,19-20,25-26H,3,8-13,16H2. The average Bonchev–Trinajstić information content (AvgIpc) is 2.65. The average molecular weight is 390 g/mol. The minimum atomic E-state index is -0.157. The van der Waals surface area contributed by atoms with E-state index in [0.29, 0.717) is 23.4 Å². The Hall–Kier alpha value is -1.75. The molecule has 3 rings (SSSR count). The van der Waals surface area contributed by atoms with E-state index >= 15 is 0 Å². The Kier molecular flexibility index (Phi) is 7.39. The highest BCUT2D eigenvalue weighted by Crippen LogP contribution is 2.25. The number of ether oxygens (including phenoxy) is 1. The van der Waals surface area contributed by atoms with Crippen LogP contribution in [0.25, 0.3) is 0 Å². The predicted molar refractivity (Wildman–Crippen MR) is 108 cm³/mol. The minimum absolute atomic E-state index is 0.157. The van der Waals surface area contributed by atoms with Crippen molar-refractivity contribution >= 4 is 11.6 Å². The number of nitrogens with zero attached hydrogens (tertiary/aromatic N) is 1. The van der Waals surface area contributed by atoms with Gasteiger partial charge in [0.25, 0.3) is 0 Å². The molecule has 4 nitrogen and oxygen atoms in total. The third-order valence-electron chi connectivity index (χ3n) is 5.13. The van der Waals surface area contributed by atoms with E-state index in [-0.39, 0.29) is 6.10 Å². The van der Waals surface area contributed by atoms with Crippen molar-refractivity contribution in [3.63, 3.8) is 0 Å². The van der Waals surface area contributed by atoms with Crippen LogP contribution in [0.3, 0.4) is 0 Å². The van der Waals surface area contributed by atoms with Crippen molar-refractivity contribution in [1.82, 2.24) is 4.90 Å². The fourth-order valence-corrected chi connectivity index (χ4v) is 3.90. The van der Waals surface area contributed by atoms with Crippen LogP contribution in [-0.2, 0) is 6.54 Å². The molecule has 5 heteroatoms. The number of phenols is 1. The lowest BCUT2D eigenvalue weighted by Crippen LogP contribution is -2.39. The number of benzene rings is 2. The van der Waals surface area contributed by atoms with Gasteiger partial charge in [-0.2, -0.15) is 0 Å². The monoisotopic (exact) mass is 389 g/mol. The third-order valence-corrected chi connectivity index (χ3v) is 5.37. The number of aromatic hydroxyl groups is 1. The Morgan fingerprint density at radius 2 is 1.81 bits per heavy atom. The van der Waals surface area contributed by atoms with Crippen LogP contribution in [0.15, 0.2) is 48.5 Å². The molecule has 1 aliphatic carbocycles. The summed E-state index contributed by atoms with van der Waals surface area (Å²) in [6, 6.07) is 15.4. The van der Waals surface area contributed by atoms with Crippen molar-refractivity contribution in [2.45, 2.75) is 50.8 Å². The van der Waals surface area contributed by atoms with Gasteiger partial charge in [-0.15, -0.1) is 0 Å². The fourth-order valence-electron chi connectivity index (χ4n) is 3.72. The molecule has 0 spiro atoms. The first kappa shape index (κ1) is 20.0. The third kappa shape index (κ3) is 6.42. The minimum Gasteiger partial charge on any atom is -0.508 e. The Bertz CT molecular complexity index is 716. The van der Waals surface area contributed by atoms with Gasteiger partial charge in [0.2, 0.25) is 0 Å². The molecule has 0 heterocycles. The Morgan fingerprint density at radius 1 is 1.04 bits per heavy atom. The van der Waals surface area contributed by atoms with Crippen LogP contribution in [-0.4, -0.2) is 40.4 Å². The smallest absolute Gasteiger partial charge is 0.120 e. The lowest BCUT2D eigenvalue weighted by molar-refractivity contribution is 0.0675. The molecule has 0 amide bonds. The Balaban J connectivity index is 1.55. The summed E-state index contributed by atoms with van der Waals surface area (Å²) in [6.07, 6.45) is 4.49. The number of hydrogen-bond donors (Lipinski definition) is 2. The summed E-state index contributed by atoms with van der Waals surface area (Å²) in [5.41, 5.74) is 1.11. The zero-order valence-electron chi connectivity index (χ0n) is 15.6. The van der Waals surface area contributed by atoms with Gasteiger partial charge in [0.05, 0.1) is 12.7 Å². The van der Waals surface area contributed by atoms with Gasteiger partial charge in [-0.3, -0.25) is 4.90 Å². The number of aliphatic hydroxyl groups is 1. The maximum atomic E-state index is 9.82. The first-order valence-electron chi connectivity index (χ1n) is 9.68. The van der Waals surface area contributed by atoms with Crippen LogP contribution in [0, 0.1) is 0 Å². The van der Waals surface area contributed by atoms with Crippen molar-refractivity contribution in [2.75, 3.05) is 13.2 Å². The van der Waals surface area contributed by atoms with Crippen LogP contribution >= 0.6 is 11.6 Å². The van der Waals surface area contributed by atoms with E-state index in [2.05, 4.69) is 4.90 Å². The van der Waals surface area contributed by atoms with Crippen LogP contribution in [0.5, 0.6) is 11.5 Å². The van der Waals surface area contributed by atoms with Gasteiger partial charge in [-0.25, -0.2) is 0 Å². The van der Waals surface area contributed by atoms with E-state index in [0.717, 1.165) is 56.5 Å². The second-order valence-electron chi connectivity index (χ2n) is 7.26. The molecule has 2 aromatic rings. The van der Waals surface area contributed by atoms with E-state index < -0.39 is 0 Å². The number of phenolic OH excluding ortho intramolecular Hbond substituents is 1. The first-order valence-corrected chi connectivity index (χ1v) is 10.1. The lowest BCUT2D eigenvalue weighted by Gasteiger charge is -2.36. The molecule has 1 aliphatic rings. The first-order chi connectivity index (χ1) is 13.1. The molecule has 0 atom stereocenters. The van der Waals surface area contributed by atoms with Gasteiger partial charge >= 0.3 is 0 Å². The van der Waals surface area contributed by atoms with E-state index in [4.69, 9.17) is 16.3 Å². The van der Waals surface area contributed by atoms with E-state index in [1.807, 2.05) is 42.5 Å². The summed E-state index contributed by atoms with van der Waals surface area (Å²) in [4.78, 5) is 2.46. The van der Waals surface area contributed by atoms with Crippen LogP contribution in [0.1, 0.15) is 37.7 Å². The van der Waals surface area contributed by atoms with Crippen molar-refractivity contribution in [1.29, 1.82) is 0 Å². The highest BCUT2D eigenvalue weighted by atomic mass is 35.5. The molecule has 1 saturated carbocycles. The zero-order valence-corrected chi connectivity index (χ0v) is 16.3. The van der Waals surface area contributed by atoms with Gasteiger partial charge < -0.3 is 14.9 Å². The molecular weight excluding hydrogens is 362 g/mol. The molecule has 0 saturated heterocycles. The maximum Gasteiger partial charge on any atom is 0.120 e. The highest BCUT2D eigenvalue weighted by Gasteiger charge is 2.24. The topological polar surface area (TPSA) is 52.9 Å². The van der Waals surface area contributed by atoms with E-state index in [1.54, 1.807) is 6.07 Å². The molecule has 1 fully saturated rings. The van der Waals surface area contributed by atoms with Crippen molar-refractivity contribution < 1.29 is 14.9 Å². The summed E-state index contributed by atoms with van der Waals surface area (Å²) in [5.74, 6) is 1.10. The maximum absolute atomic E-state index is 9.82. The van der Waals surface area contributed by atoms with Gasteiger partial charge in [0, 0.05) is 24.2 Å². The summed E-state index contributed by atoms with van der Waals surface area (Å²) >= 11 is 6.00. The van der Waals surface area contributed by atoms with Crippen LogP contribution in [0.4, 0.5) is 0 Å². The molecule has 2 N–H and O–H groups in total. The molecule has 27 heavy (non-hydrogen) atoms. The van der Waals surface area contributed by atoms with Gasteiger partial charge in [-0.1, -0.05) is 29.8 Å². The van der Waals surface area contributed by atoms with Gasteiger partial charge in [-0.05, 0) is 68.0 Å². The number of aliphatic hydroxyl groups excluding tert-OH is 1. The predicted octanol–water partition coefficient (Wildman–Crippen LogP) is 4.62. The van der Waals surface area contributed by atoms with E-state index in [1.165, 1.54) is 0 Å². The lowest BCUT2D eigenvalue weighted by atomic mass is 9.91. The largest absolute Gasteiger partial charge is 0.508 e. The van der Waals surface area contributed by atoms with E-state index in [9.17, 15) is 10.2 Å². The van der Waals surface area contributed by atoms with Crippen LogP contribution in [0.2, 0.25) is 5.02 Å². The number of halogens is 1. The van der Waals surface area contributed by atoms with Gasteiger partial charge in [0.15, 0.2) is 0 Å². The molecule has 2 aromatic carbocycles. The normalized spacial score (nSPS) is 20.0. The zero-order chi connectivity index (χ0) is 19.1. The van der Waals surface area contributed by atoms with Crippen molar-refractivity contribution in [3.8, 4) is 11.5 Å². The second kappa shape index (κ2) is 9.98. The number of rotatable bonds is 8. The van der Waals surface area contributed by atoms with Crippen molar-refractivity contribution in [2.24, 2.45) is 0 Å². The summed E-state index contributed by atoms with van der Waals surface area (Å²) in [5, 5.41) is 20.2. The molecule has 146 valence electrons. The number of hydrogen-bond acceptors (Lipinski definition) is 4. The van der Waals surface area contributed by atoms with Crippen molar-refractivity contribution in [3.05, 3.63) is 59.1 Å². The molecule has 0 aromatic heterocycles. The highest BCUT2D eigenvalue weighted by molar-refractivity contribution is 6.30. The molecule has 0 radical (unpaired) electrons. The SMILES string of the molecule is Oc1cccc(CN(CCCOc2cccc(Cl)c2)C2CCC(O)CC2)c1. The summed E-state index contributed by atoms with van der Waals surface area (Å²) in [6.45, 7) is 2.34. The molecule has 0 aliphatic heterocycles. The Morgan fingerprint density at radius 3 is 2.56 bits per heavy atom. The fraction of sp³-hybridized carbons (Fsp3) is 0.455. The summed E-state index contributed by atoms with van der Waals surface area (Å²) < 4.78 is 5.82. The quantitative estimate of drug-likeness (QED) is 0.647. The van der Waals surface area contributed by atoms with Gasteiger partial charge in [0.1, 0.15) is 11.5 Å². The second-order valence-corrected chi connectivity index (χ2v) is 7.70. The molecule has 0 unspecified atom stereocenters. The molecular formula is C22H28ClNO3. The summed E-state index contributed by atoms with van der Waals surface area (Å²) in [7, 11) is 0. The van der Waals surface area contributed by atoms with Crippen LogP contribution < -0.4 is 4.74 Å². The Labute approximate surface area is 166 Å².